The van der Waals surface area contributed by atoms with Crippen LogP contribution in [0.2, 0.25) is 0 Å². The summed E-state index contributed by atoms with van der Waals surface area (Å²) >= 11 is 0. The minimum atomic E-state index is -2.23. The summed E-state index contributed by atoms with van der Waals surface area (Å²) in [5, 5.41) is 3.73. The number of ether oxygens (including phenoxy) is 1. The van der Waals surface area contributed by atoms with Crippen LogP contribution in [0.15, 0.2) is 24.3 Å². The fourth-order valence-corrected chi connectivity index (χ4v) is 3.46. The maximum Gasteiger partial charge on any atom is 0.251 e. The number of para-hydroxylation sites is 1. The van der Waals surface area contributed by atoms with Crippen molar-refractivity contribution in [2.75, 3.05) is 26.2 Å². The van der Waals surface area contributed by atoms with Gasteiger partial charge in [-0.2, -0.15) is 0 Å². The number of rotatable bonds is 4. The van der Waals surface area contributed by atoms with Crippen molar-refractivity contribution >= 4 is 0 Å². The molecule has 2 aliphatic rings. The Labute approximate surface area is 130 Å². The zero-order valence-corrected chi connectivity index (χ0v) is 12.8. The lowest BCUT2D eigenvalue weighted by molar-refractivity contribution is 0.0719. The fraction of sp³-hybridized carbons (Fsp3) is 0.647. The summed E-state index contributed by atoms with van der Waals surface area (Å²) in [5.74, 6) is 0.979. The Bertz CT molecular complexity index is 475. The highest BCUT2D eigenvalue weighted by molar-refractivity contribution is 5.36. The SMILES string of the molecule is FC(F)CN1CCC(NC2CCCOc3ccccc32)CC1. The van der Waals surface area contributed by atoms with Crippen molar-refractivity contribution in [3.05, 3.63) is 29.8 Å². The van der Waals surface area contributed by atoms with Gasteiger partial charge < -0.3 is 10.1 Å². The summed E-state index contributed by atoms with van der Waals surface area (Å²) < 4.78 is 30.7. The quantitative estimate of drug-likeness (QED) is 0.924. The Hall–Kier alpha value is -1.20. The van der Waals surface area contributed by atoms with Crippen LogP contribution >= 0.6 is 0 Å². The maximum atomic E-state index is 12.4. The number of alkyl halides is 2. The van der Waals surface area contributed by atoms with E-state index < -0.39 is 6.43 Å². The van der Waals surface area contributed by atoms with E-state index in [1.165, 1.54) is 5.56 Å². The van der Waals surface area contributed by atoms with Crippen molar-refractivity contribution in [2.24, 2.45) is 0 Å². The molecule has 0 bridgehead atoms. The molecule has 0 aromatic heterocycles. The van der Waals surface area contributed by atoms with Gasteiger partial charge in [0.2, 0.25) is 0 Å². The molecule has 3 rings (SSSR count). The van der Waals surface area contributed by atoms with Crippen molar-refractivity contribution < 1.29 is 13.5 Å². The zero-order valence-electron chi connectivity index (χ0n) is 12.8. The Balaban J connectivity index is 1.58. The molecule has 5 heteroatoms. The van der Waals surface area contributed by atoms with E-state index in [1.807, 2.05) is 23.1 Å². The van der Waals surface area contributed by atoms with Gasteiger partial charge in [-0.25, -0.2) is 8.78 Å². The molecule has 1 saturated heterocycles. The average Bonchev–Trinajstić information content (AvgIpc) is 2.71. The van der Waals surface area contributed by atoms with Crippen molar-refractivity contribution in [3.63, 3.8) is 0 Å². The van der Waals surface area contributed by atoms with Gasteiger partial charge in [0, 0.05) is 17.6 Å². The second kappa shape index (κ2) is 7.38. The third-order valence-electron chi connectivity index (χ3n) is 4.61. The van der Waals surface area contributed by atoms with Crippen LogP contribution in [0.25, 0.3) is 0 Å². The van der Waals surface area contributed by atoms with E-state index in [4.69, 9.17) is 4.74 Å². The lowest BCUT2D eigenvalue weighted by atomic mass is 9.98. The summed E-state index contributed by atoms with van der Waals surface area (Å²) in [5.41, 5.74) is 1.23. The van der Waals surface area contributed by atoms with Crippen LogP contribution in [0.1, 0.15) is 37.3 Å². The molecule has 2 heterocycles. The molecule has 1 fully saturated rings. The van der Waals surface area contributed by atoms with Gasteiger partial charge in [-0.1, -0.05) is 18.2 Å². The first-order valence-corrected chi connectivity index (χ1v) is 8.20. The van der Waals surface area contributed by atoms with E-state index in [1.54, 1.807) is 0 Å². The van der Waals surface area contributed by atoms with Gasteiger partial charge in [0.25, 0.3) is 6.43 Å². The summed E-state index contributed by atoms with van der Waals surface area (Å²) in [7, 11) is 0. The van der Waals surface area contributed by atoms with Gasteiger partial charge in [0.15, 0.2) is 0 Å². The first-order valence-electron chi connectivity index (χ1n) is 8.20. The van der Waals surface area contributed by atoms with Gasteiger partial charge in [-0.05, 0) is 44.8 Å². The lowest BCUT2D eigenvalue weighted by Crippen LogP contribution is -2.44. The highest BCUT2D eigenvalue weighted by atomic mass is 19.3. The number of likely N-dealkylation sites (tertiary alicyclic amines) is 1. The average molecular weight is 310 g/mol. The van der Waals surface area contributed by atoms with Crippen molar-refractivity contribution in [1.29, 1.82) is 0 Å². The second-order valence-electron chi connectivity index (χ2n) is 6.21. The van der Waals surface area contributed by atoms with Gasteiger partial charge in [-0.3, -0.25) is 4.90 Å². The molecule has 0 saturated carbocycles. The molecule has 1 aromatic carbocycles. The maximum absolute atomic E-state index is 12.4. The number of nitrogens with one attached hydrogen (secondary N) is 1. The molecule has 3 nitrogen and oxygen atoms in total. The summed E-state index contributed by atoms with van der Waals surface area (Å²) in [4.78, 5) is 1.87. The van der Waals surface area contributed by atoms with Gasteiger partial charge >= 0.3 is 0 Å². The molecule has 1 aromatic rings. The van der Waals surface area contributed by atoms with E-state index in [2.05, 4.69) is 11.4 Å². The Kier molecular flexibility index (Phi) is 5.26. The molecule has 0 spiro atoms. The first kappa shape index (κ1) is 15.7. The van der Waals surface area contributed by atoms with E-state index in [9.17, 15) is 8.78 Å². The van der Waals surface area contributed by atoms with Crippen LogP contribution in [0.3, 0.4) is 0 Å². The largest absolute Gasteiger partial charge is 0.493 e. The number of hydrogen-bond acceptors (Lipinski definition) is 3. The van der Waals surface area contributed by atoms with Crippen molar-refractivity contribution in [1.82, 2.24) is 10.2 Å². The van der Waals surface area contributed by atoms with Crippen LogP contribution in [-0.4, -0.2) is 43.6 Å². The van der Waals surface area contributed by atoms with Gasteiger partial charge in [0.05, 0.1) is 13.2 Å². The van der Waals surface area contributed by atoms with Gasteiger partial charge in [-0.15, -0.1) is 0 Å². The van der Waals surface area contributed by atoms with Gasteiger partial charge in [0.1, 0.15) is 5.75 Å². The summed E-state index contributed by atoms with van der Waals surface area (Å²) in [6, 6.07) is 8.93. The van der Waals surface area contributed by atoms with Crippen molar-refractivity contribution in [3.8, 4) is 5.75 Å². The third-order valence-corrected chi connectivity index (χ3v) is 4.61. The Morgan fingerprint density at radius 3 is 2.73 bits per heavy atom. The highest BCUT2D eigenvalue weighted by Gasteiger charge is 2.26. The van der Waals surface area contributed by atoms with Crippen LogP contribution in [0.5, 0.6) is 5.75 Å². The number of fused-ring (bicyclic) bond motifs is 1. The van der Waals surface area contributed by atoms with Crippen LogP contribution in [0.4, 0.5) is 8.78 Å². The number of nitrogens with zero attached hydrogens (tertiary/aromatic N) is 1. The number of hydrogen-bond donors (Lipinski definition) is 1. The number of benzene rings is 1. The standard InChI is InChI=1S/C17H24F2N2O/c18-17(19)12-21-9-7-13(8-10-21)20-15-5-3-11-22-16-6-2-1-4-14(15)16/h1-2,4,6,13,15,17,20H,3,5,7-12H2. The fourth-order valence-electron chi connectivity index (χ4n) is 3.46. The summed E-state index contributed by atoms with van der Waals surface area (Å²) in [6.45, 7) is 2.19. The second-order valence-corrected chi connectivity index (χ2v) is 6.21. The van der Waals surface area contributed by atoms with Crippen LogP contribution in [-0.2, 0) is 0 Å². The Morgan fingerprint density at radius 1 is 1.18 bits per heavy atom. The van der Waals surface area contributed by atoms with Crippen LogP contribution < -0.4 is 10.1 Å². The minimum absolute atomic E-state index is 0.0905. The van der Waals surface area contributed by atoms with Crippen molar-refractivity contribution in [2.45, 2.75) is 44.2 Å². The topological polar surface area (TPSA) is 24.5 Å². The third kappa shape index (κ3) is 3.96. The molecule has 0 radical (unpaired) electrons. The van der Waals surface area contributed by atoms with Crippen LogP contribution in [0, 0.1) is 0 Å². The molecular weight excluding hydrogens is 286 g/mol. The molecule has 0 aliphatic carbocycles. The molecular formula is C17H24F2N2O. The molecule has 1 N–H and O–H groups in total. The monoisotopic (exact) mass is 310 g/mol. The number of piperidine rings is 1. The van der Waals surface area contributed by atoms with E-state index in [0.29, 0.717) is 12.1 Å². The van der Waals surface area contributed by atoms with E-state index in [-0.39, 0.29) is 6.54 Å². The predicted octanol–water partition coefficient (Wildman–Crippen LogP) is 3.22. The lowest BCUT2D eigenvalue weighted by Gasteiger charge is -2.34. The summed E-state index contributed by atoms with van der Waals surface area (Å²) in [6.07, 6.45) is 1.75. The molecule has 2 aliphatic heterocycles. The highest BCUT2D eigenvalue weighted by Crippen LogP contribution is 2.32. The van der Waals surface area contributed by atoms with E-state index >= 15 is 0 Å². The smallest absolute Gasteiger partial charge is 0.251 e. The normalized spacial score (nSPS) is 23.9. The minimum Gasteiger partial charge on any atom is -0.493 e. The molecule has 1 unspecified atom stereocenters. The number of halogens is 2. The Morgan fingerprint density at radius 2 is 1.95 bits per heavy atom. The first-order chi connectivity index (χ1) is 10.7. The molecule has 0 amide bonds. The molecule has 1 atom stereocenters. The predicted molar refractivity (Wildman–Crippen MR) is 82.5 cm³/mol. The molecule has 122 valence electrons. The molecule has 22 heavy (non-hydrogen) atoms. The van der Waals surface area contributed by atoms with E-state index in [0.717, 1.165) is 51.1 Å². The zero-order chi connectivity index (χ0) is 15.4.